The highest BCUT2D eigenvalue weighted by Crippen LogP contribution is 2.26. The van der Waals surface area contributed by atoms with Gasteiger partial charge < -0.3 is 9.14 Å². The number of ether oxygens (including phenoxy) is 1. The summed E-state index contributed by atoms with van der Waals surface area (Å²) in [5.41, 5.74) is 3.98. The second-order valence-electron chi connectivity index (χ2n) is 4.35. The van der Waals surface area contributed by atoms with E-state index in [1.54, 1.807) is 7.11 Å². The lowest BCUT2D eigenvalue weighted by Crippen LogP contribution is -1.87. The highest BCUT2D eigenvalue weighted by molar-refractivity contribution is 6.30. The second-order valence-corrected chi connectivity index (χ2v) is 4.78. The summed E-state index contributed by atoms with van der Waals surface area (Å²) in [5, 5.41) is 0.693. The van der Waals surface area contributed by atoms with E-state index in [2.05, 4.69) is 4.98 Å². The van der Waals surface area contributed by atoms with Crippen molar-refractivity contribution in [3.8, 4) is 17.0 Å². The lowest BCUT2D eigenvalue weighted by atomic mass is 10.1. The fraction of sp³-hybridized carbons (Fsp3) is 0.133. The minimum atomic E-state index is 0.693. The molecule has 3 aromatic rings. The SMILES string of the molecule is COc1ccc(-c2nc3cc(Cl)ccn3c2C)cc1. The van der Waals surface area contributed by atoms with E-state index in [-0.39, 0.29) is 0 Å². The van der Waals surface area contributed by atoms with Crippen molar-refractivity contribution in [2.24, 2.45) is 0 Å². The minimum absolute atomic E-state index is 0.693. The zero-order valence-corrected chi connectivity index (χ0v) is 11.5. The summed E-state index contributed by atoms with van der Waals surface area (Å²) < 4.78 is 7.20. The normalized spacial score (nSPS) is 10.9. The smallest absolute Gasteiger partial charge is 0.139 e. The number of benzene rings is 1. The highest BCUT2D eigenvalue weighted by atomic mass is 35.5. The monoisotopic (exact) mass is 272 g/mol. The van der Waals surface area contributed by atoms with Gasteiger partial charge in [-0.2, -0.15) is 0 Å². The molecule has 0 atom stereocenters. The van der Waals surface area contributed by atoms with Crippen LogP contribution in [0.2, 0.25) is 5.02 Å². The standard InChI is InChI=1S/C15H13ClN2O/c1-10-15(11-3-5-13(19-2)6-4-11)17-14-9-12(16)7-8-18(10)14/h3-9H,1-2H3. The van der Waals surface area contributed by atoms with Crippen molar-refractivity contribution in [2.45, 2.75) is 6.92 Å². The molecule has 96 valence electrons. The van der Waals surface area contributed by atoms with Gasteiger partial charge in [0.05, 0.1) is 12.8 Å². The van der Waals surface area contributed by atoms with E-state index < -0.39 is 0 Å². The van der Waals surface area contributed by atoms with E-state index in [1.807, 2.05) is 53.9 Å². The highest BCUT2D eigenvalue weighted by Gasteiger charge is 2.10. The number of fused-ring (bicyclic) bond motifs is 1. The summed E-state index contributed by atoms with van der Waals surface area (Å²) in [6.07, 6.45) is 1.94. The van der Waals surface area contributed by atoms with Crippen LogP contribution < -0.4 is 4.74 Å². The van der Waals surface area contributed by atoms with Crippen LogP contribution in [0.25, 0.3) is 16.9 Å². The van der Waals surface area contributed by atoms with Gasteiger partial charge in [-0.05, 0) is 37.3 Å². The Balaban J connectivity index is 2.15. The molecule has 0 fully saturated rings. The Bertz CT molecular complexity index is 732. The maximum atomic E-state index is 6.00. The third kappa shape index (κ3) is 2.06. The molecule has 0 saturated heterocycles. The third-order valence-corrected chi connectivity index (χ3v) is 3.43. The Morgan fingerprint density at radius 1 is 1.16 bits per heavy atom. The number of imidazole rings is 1. The summed E-state index contributed by atoms with van der Waals surface area (Å²) in [5.74, 6) is 0.841. The number of aryl methyl sites for hydroxylation is 1. The molecule has 0 aliphatic rings. The molecule has 3 rings (SSSR count). The first-order chi connectivity index (χ1) is 9.19. The Hall–Kier alpha value is -2.00. The van der Waals surface area contributed by atoms with Gasteiger partial charge in [0.25, 0.3) is 0 Å². The van der Waals surface area contributed by atoms with E-state index in [0.29, 0.717) is 5.02 Å². The van der Waals surface area contributed by atoms with Crippen LogP contribution in [0.5, 0.6) is 5.75 Å². The van der Waals surface area contributed by atoms with Crippen LogP contribution in [0.3, 0.4) is 0 Å². The summed E-state index contributed by atoms with van der Waals surface area (Å²) >= 11 is 6.00. The first-order valence-electron chi connectivity index (χ1n) is 5.97. The molecule has 2 heterocycles. The van der Waals surface area contributed by atoms with Crippen molar-refractivity contribution >= 4 is 17.2 Å². The number of hydrogen-bond acceptors (Lipinski definition) is 2. The number of aromatic nitrogens is 2. The van der Waals surface area contributed by atoms with Gasteiger partial charge >= 0.3 is 0 Å². The summed E-state index contributed by atoms with van der Waals surface area (Å²) in [6, 6.07) is 11.6. The molecule has 0 bridgehead atoms. The average Bonchev–Trinajstić information content (AvgIpc) is 2.75. The fourth-order valence-corrected chi connectivity index (χ4v) is 2.32. The number of nitrogens with zero attached hydrogens (tertiary/aromatic N) is 2. The molecule has 1 aromatic carbocycles. The molecule has 0 unspecified atom stereocenters. The van der Waals surface area contributed by atoms with E-state index in [0.717, 1.165) is 28.3 Å². The van der Waals surface area contributed by atoms with Gasteiger partial charge in [0, 0.05) is 28.5 Å². The number of halogens is 1. The van der Waals surface area contributed by atoms with Gasteiger partial charge in [-0.1, -0.05) is 11.6 Å². The maximum absolute atomic E-state index is 6.00. The molecule has 0 aliphatic carbocycles. The quantitative estimate of drug-likeness (QED) is 0.706. The van der Waals surface area contributed by atoms with Crippen LogP contribution in [-0.4, -0.2) is 16.5 Å². The van der Waals surface area contributed by atoms with E-state index in [4.69, 9.17) is 16.3 Å². The molecule has 0 spiro atoms. The zero-order chi connectivity index (χ0) is 13.4. The Morgan fingerprint density at radius 2 is 1.89 bits per heavy atom. The fourth-order valence-electron chi connectivity index (χ4n) is 2.16. The molecule has 0 amide bonds. The van der Waals surface area contributed by atoms with Crippen molar-refractivity contribution in [1.82, 2.24) is 9.38 Å². The van der Waals surface area contributed by atoms with Crippen LogP contribution >= 0.6 is 11.6 Å². The zero-order valence-electron chi connectivity index (χ0n) is 10.7. The van der Waals surface area contributed by atoms with Crippen molar-refractivity contribution in [1.29, 1.82) is 0 Å². The molecule has 3 nitrogen and oxygen atoms in total. The predicted molar refractivity (Wildman–Crippen MR) is 76.9 cm³/mol. The topological polar surface area (TPSA) is 26.5 Å². The van der Waals surface area contributed by atoms with Crippen molar-refractivity contribution < 1.29 is 4.74 Å². The lowest BCUT2D eigenvalue weighted by Gasteiger charge is -2.02. The number of methoxy groups -OCH3 is 1. The van der Waals surface area contributed by atoms with Crippen LogP contribution in [0.15, 0.2) is 42.6 Å². The van der Waals surface area contributed by atoms with E-state index >= 15 is 0 Å². The van der Waals surface area contributed by atoms with Crippen LogP contribution in [0.1, 0.15) is 5.69 Å². The Labute approximate surface area is 116 Å². The third-order valence-electron chi connectivity index (χ3n) is 3.19. The molecule has 0 radical (unpaired) electrons. The van der Waals surface area contributed by atoms with Gasteiger partial charge in [-0.25, -0.2) is 4.98 Å². The molecule has 0 saturated carbocycles. The average molecular weight is 273 g/mol. The summed E-state index contributed by atoms with van der Waals surface area (Å²) in [4.78, 5) is 4.64. The van der Waals surface area contributed by atoms with Crippen molar-refractivity contribution in [3.63, 3.8) is 0 Å². The molecule has 0 N–H and O–H groups in total. The van der Waals surface area contributed by atoms with Gasteiger partial charge in [0.1, 0.15) is 11.4 Å². The number of rotatable bonds is 2. The molecule has 19 heavy (non-hydrogen) atoms. The summed E-state index contributed by atoms with van der Waals surface area (Å²) in [6.45, 7) is 2.05. The lowest BCUT2D eigenvalue weighted by molar-refractivity contribution is 0.415. The molecular formula is C15H13ClN2O. The first-order valence-corrected chi connectivity index (χ1v) is 6.35. The molecule has 4 heteroatoms. The van der Waals surface area contributed by atoms with Gasteiger partial charge in [-0.3, -0.25) is 0 Å². The van der Waals surface area contributed by atoms with Gasteiger partial charge in [0.15, 0.2) is 0 Å². The van der Waals surface area contributed by atoms with E-state index in [1.165, 1.54) is 0 Å². The van der Waals surface area contributed by atoms with Crippen molar-refractivity contribution in [2.75, 3.05) is 7.11 Å². The van der Waals surface area contributed by atoms with E-state index in [9.17, 15) is 0 Å². The predicted octanol–water partition coefficient (Wildman–Crippen LogP) is 3.97. The van der Waals surface area contributed by atoms with Gasteiger partial charge in [-0.15, -0.1) is 0 Å². The number of pyridine rings is 1. The second kappa shape index (κ2) is 4.59. The van der Waals surface area contributed by atoms with Crippen LogP contribution in [-0.2, 0) is 0 Å². The van der Waals surface area contributed by atoms with Crippen LogP contribution in [0, 0.1) is 6.92 Å². The van der Waals surface area contributed by atoms with Gasteiger partial charge in [0.2, 0.25) is 0 Å². The number of hydrogen-bond donors (Lipinski definition) is 0. The Morgan fingerprint density at radius 3 is 2.58 bits per heavy atom. The summed E-state index contributed by atoms with van der Waals surface area (Å²) in [7, 11) is 1.66. The molecule has 2 aromatic heterocycles. The van der Waals surface area contributed by atoms with Crippen LogP contribution in [0.4, 0.5) is 0 Å². The minimum Gasteiger partial charge on any atom is -0.497 e. The maximum Gasteiger partial charge on any atom is 0.139 e. The van der Waals surface area contributed by atoms with Crippen molar-refractivity contribution in [3.05, 3.63) is 53.3 Å². The Kier molecular flexibility index (Phi) is 2.91. The molecular weight excluding hydrogens is 260 g/mol. The molecule has 0 aliphatic heterocycles. The largest absolute Gasteiger partial charge is 0.497 e. The first kappa shape index (κ1) is 12.1.